The summed E-state index contributed by atoms with van der Waals surface area (Å²) in [6.45, 7) is 2.31. The van der Waals surface area contributed by atoms with Gasteiger partial charge in [0.05, 0.1) is 0 Å². The van der Waals surface area contributed by atoms with E-state index < -0.39 is 18.2 Å². The number of para-hydroxylation sites is 1. The standard InChI is InChI=1S/C18H20N4O4.ClH/c23-17(24)16(26-15-4-2-1-3-5-15)20-18(25)22-12-10-21(11-13-22)14-6-8-19-9-7-14;/h1-9,16H,10-13H2,(H,20,25)(H,23,24);1H. The number of carboxylic acids is 1. The fourth-order valence-corrected chi connectivity index (χ4v) is 2.70. The van der Waals surface area contributed by atoms with Crippen molar-refractivity contribution in [1.29, 1.82) is 0 Å². The number of carboxylic acid groups (broad SMARTS) is 1. The van der Waals surface area contributed by atoms with E-state index in [0.717, 1.165) is 5.69 Å². The number of rotatable bonds is 5. The van der Waals surface area contributed by atoms with Crippen LogP contribution in [-0.4, -0.2) is 59.4 Å². The summed E-state index contributed by atoms with van der Waals surface area (Å²) in [5.74, 6) is -0.875. The van der Waals surface area contributed by atoms with Crippen molar-refractivity contribution >= 4 is 30.1 Å². The molecule has 0 bridgehead atoms. The number of aliphatic carboxylic acids is 1. The predicted molar refractivity (Wildman–Crippen MR) is 102 cm³/mol. The molecule has 1 fully saturated rings. The van der Waals surface area contributed by atoms with Gasteiger partial charge >= 0.3 is 12.0 Å². The first-order valence-corrected chi connectivity index (χ1v) is 8.28. The maximum absolute atomic E-state index is 12.4. The summed E-state index contributed by atoms with van der Waals surface area (Å²) in [6.07, 6.45) is 2.02. The summed E-state index contributed by atoms with van der Waals surface area (Å²) >= 11 is 0. The number of nitrogens with one attached hydrogen (secondary N) is 1. The van der Waals surface area contributed by atoms with Gasteiger partial charge in [0.25, 0.3) is 6.23 Å². The molecule has 1 aromatic heterocycles. The number of amides is 2. The molecule has 1 unspecified atom stereocenters. The maximum Gasteiger partial charge on any atom is 0.366 e. The Morgan fingerprint density at radius 3 is 2.26 bits per heavy atom. The van der Waals surface area contributed by atoms with Crippen molar-refractivity contribution in [2.45, 2.75) is 6.23 Å². The molecule has 1 aliphatic rings. The van der Waals surface area contributed by atoms with Crippen LogP contribution in [0.25, 0.3) is 0 Å². The van der Waals surface area contributed by atoms with Gasteiger partial charge in [-0.25, -0.2) is 9.59 Å². The second kappa shape index (κ2) is 9.63. The van der Waals surface area contributed by atoms with Crippen molar-refractivity contribution < 1.29 is 19.4 Å². The van der Waals surface area contributed by atoms with Gasteiger partial charge in [-0.05, 0) is 24.3 Å². The van der Waals surface area contributed by atoms with Crippen LogP contribution in [0.15, 0.2) is 54.9 Å². The van der Waals surface area contributed by atoms with Crippen LogP contribution < -0.4 is 15.0 Å². The predicted octanol–water partition coefficient (Wildman–Crippen LogP) is 1.82. The van der Waals surface area contributed by atoms with Crippen molar-refractivity contribution in [1.82, 2.24) is 15.2 Å². The van der Waals surface area contributed by atoms with Gasteiger partial charge in [-0.1, -0.05) is 18.2 Å². The second-order valence-electron chi connectivity index (χ2n) is 5.78. The summed E-state index contributed by atoms with van der Waals surface area (Å²) in [7, 11) is 0. The maximum atomic E-state index is 12.4. The van der Waals surface area contributed by atoms with E-state index >= 15 is 0 Å². The highest BCUT2D eigenvalue weighted by Crippen LogP contribution is 2.15. The van der Waals surface area contributed by atoms with Gasteiger partial charge in [-0.2, -0.15) is 0 Å². The fraction of sp³-hybridized carbons (Fsp3) is 0.278. The van der Waals surface area contributed by atoms with Gasteiger partial charge < -0.3 is 19.6 Å². The number of hydrogen-bond acceptors (Lipinski definition) is 5. The van der Waals surface area contributed by atoms with Crippen LogP contribution in [0.2, 0.25) is 0 Å². The Kier molecular flexibility index (Phi) is 7.25. The number of nitrogens with zero attached hydrogens (tertiary/aromatic N) is 3. The zero-order valence-corrected chi connectivity index (χ0v) is 15.3. The molecule has 2 amide bonds. The number of carbonyl (C=O) groups is 2. The first-order valence-electron chi connectivity index (χ1n) is 8.28. The van der Waals surface area contributed by atoms with Crippen molar-refractivity contribution in [3.05, 3.63) is 54.9 Å². The van der Waals surface area contributed by atoms with Crippen LogP contribution in [0.1, 0.15) is 0 Å². The minimum absolute atomic E-state index is 0. The van der Waals surface area contributed by atoms with Gasteiger partial charge in [0.1, 0.15) is 5.75 Å². The summed E-state index contributed by atoms with van der Waals surface area (Å²) in [5.41, 5.74) is 1.05. The highest BCUT2D eigenvalue weighted by molar-refractivity contribution is 5.85. The first-order chi connectivity index (χ1) is 12.6. The number of halogens is 1. The number of carbonyl (C=O) groups excluding carboxylic acids is 1. The Bertz CT molecular complexity index is 740. The Labute approximate surface area is 163 Å². The highest BCUT2D eigenvalue weighted by Gasteiger charge is 2.27. The van der Waals surface area contributed by atoms with E-state index in [9.17, 15) is 14.7 Å². The Hall–Kier alpha value is -3.00. The monoisotopic (exact) mass is 392 g/mol. The normalized spacial score (nSPS) is 14.7. The molecule has 1 saturated heterocycles. The molecule has 9 heteroatoms. The molecule has 1 aromatic carbocycles. The third-order valence-electron chi connectivity index (χ3n) is 4.07. The summed E-state index contributed by atoms with van der Waals surface area (Å²) in [5, 5.41) is 11.7. The zero-order valence-electron chi connectivity index (χ0n) is 14.5. The van der Waals surface area contributed by atoms with E-state index in [2.05, 4.69) is 15.2 Å². The molecule has 27 heavy (non-hydrogen) atoms. The first kappa shape index (κ1) is 20.3. The largest absolute Gasteiger partial charge is 0.477 e. The van der Waals surface area contributed by atoms with Crippen molar-refractivity contribution in [2.75, 3.05) is 31.1 Å². The number of anilines is 1. The number of ether oxygens (including phenoxy) is 1. The van der Waals surface area contributed by atoms with Gasteiger partial charge in [-0.15, -0.1) is 12.4 Å². The van der Waals surface area contributed by atoms with E-state index in [1.165, 1.54) is 0 Å². The van der Waals surface area contributed by atoms with Crippen LogP contribution >= 0.6 is 12.4 Å². The summed E-state index contributed by atoms with van der Waals surface area (Å²) in [6, 6.07) is 11.9. The molecule has 144 valence electrons. The fourth-order valence-electron chi connectivity index (χ4n) is 2.70. The number of pyridine rings is 1. The van der Waals surface area contributed by atoms with Crippen LogP contribution in [0.4, 0.5) is 10.5 Å². The van der Waals surface area contributed by atoms with Crippen LogP contribution in [0.3, 0.4) is 0 Å². The minimum Gasteiger partial charge on any atom is -0.477 e. The molecule has 0 spiro atoms. The van der Waals surface area contributed by atoms with Crippen molar-refractivity contribution in [3.63, 3.8) is 0 Å². The molecule has 0 radical (unpaired) electrons. The smallest absolute Gasteiger partial charge is 0.366 e. The van der Waals surface area contributed by atoms with Gasteiger partial charge in [-0.3, -0.25) is 10.3 Å². The lowest BCUT2D eigenvalue weighted by Crippen LogP contribution is -2.55. The number of piperazine rings is 1. The molecule has 1 atom stereocenters. The quantitative estimate of drug-likeness (QED) is 0.754. The molecule has 2 aromatic rings. The summed E-state index contributed by atoms with van der Waals surface area (Å²) in [4.78, 5) is 31.5. The minimum atomic E-state index is -1.44. The highest BCUT2D eigenvalue weighted by atomic mass is 35.5. The molecule has 1 aliphatic heterocycles. The van der Waals surface area contributed by atoms with Gasteiger partial charge in [0, 0.05) is 44.3 Å². The SMILES string of the molecule is Cl.O=C(O)C(NC(=O)N1CCN(c2ccncc2)CC1)Oc1ccccc1. The molecular formula is C18H21ClN4O4. The van der Waals surface area contributed by atoms with Gasteiger partial charge in [0.2, 0.25) is 0 Å². The van der Waals surface area contributed by atoms with Crippen molar-refractivity contribution in [2.24, 2.45) is 0 Å². The van der Waals surface area contributed by atoms with E-state index in [0.29, 0.717) is 31.9 Å². The molecule has 2 heterocycles. The summed E-state index contributed by atoms with van der Waals surface area (Å²) < 4.78 is 5.35. The zero-order chi connectivity index (χ0) is 18.4. The number of urea groups is 1. The van der Waals surface area contributed by atoms with Crippen LogP contribution in [0, 0.1) is 0 Å². The van der Waals surface area contributed by atoms with Crippen molar-refractivity contribution in [3.8, 4) is 5.75 Å². The lowest BCUT2D eigenvalue weighted by Gasteiger charge is -2.36. The van der Waals surface area contributed by atoms with Crippen LogP contribution in [-0.2, 0) is 4.79 Å². The molecule has 0 aliphatic carbocycles. The Morgan fingerprint density at radius 2 is 1.67 bits per heavy atom. The third kappa shape index (κ3) is 5.49. The lowest BCUT2D eigenvalue weighted by molar-refractivity contribution is -0.146. The number of aromatic nitrogens is 1. The molecule has 8 nitrogen and oxygen atoms in total. The Balaban J connectivity index is 0.00000261. The second-order valence-corrected chi connectivity index (χ2v) is 5.78. The average Bonchev–Trinajstić information content (AvgIpc) is 2.69. The number of hydrogen-bond donors (Lipinski definition) is 2. The van der Waals surface area contributed by atoms with E-state index in [1.807, 2.05) is 12.1 Å². The van der Waals surface area contributed by atoms with Gasteiger partial charge in [0.15, 0.2) is 0 Å². The van der Waals surface area contributed by atoms with E-state index in [-0.39, 0.29) is 12.4 Å². The van der Waals surface area contributed by atoms with Crippen LogP contribution in [0.5, 0.6) is 5.75 Å². The molecule has 3 rings (SSSR count). The molecular weight excluding hydrogens is 372 g/mol. The average molecular weight is 393 g/mol. The molecule has 2 N–H and O–H groups in total. The number of benzene rings is 1. The van der Waals surface area contributed by atoms with E-state index in [4.69, 9.17) is 4.74 Å². The topological polar surface area (TPSA) is 95.0 Å². The van der Waals surface area contributed by atoms with E-state index in [1.54, 1.807) is 47.6 Å². The molecule has 0 saturated carbocycles. The Morgan fingerprint density at radius 1 is 1.04 bits per heavy atom. The lowest BCUT2D eigenvalue weighted by atomic mass is 10.3. The third-order valence-corrected chi connectivity index (χ3v) is 4.07.